The monoisotopic (exact) mass is 346 g/mol. The van der Waals surface area contributed by atoms with E-state index in [-0.39, 0.29) is 0 Å². The highest BCUT2D eigenvalue weighted by atomic mass is 32.1. The standard InChI is InChI=1S/C17H26N6S/c1-2-3-6-19-15-9-13(21-17(18)22-15)10-16-20-14(12-24-16)11-23-7-4-5-8-23/h9,12H,2-8,10-11H2,1H3,(H3,18,19,21,22). The molecule has 0 amide bonds. The van der Waals surface area contributed by atoms with Crippen molar-refractivity contribution >= 4 is 23.1 Å². The second-order valence-corrected chi connectivity index (χ2v) is 7.22. The van der Waals surface area contributed by atoms with Crippen molar-refractivity contribution in [3.8, 4) is 0 Å². The molecular formula is C17H26N6S. The van der Waals surface area contributed by atoms with Crippen molar-refractivity contribution in [3.05, 3.63) is 27.8 Å². The van der Waals surface area contributed by atoms with E-state index in [4.69, 9.17) is 10.7 Å². The van der Waals surface area contributed by atoms with Gasteiger partial charge in [-0.2, -0.15) is 4.98 Å². The molecule has 1 aliphatic rings. The summed E-state index contributed by atoms with van der Waals surface area (Å²) < 4.78 is 0. The molecule has 2 aromatic heterocycles. The first kappa shape index (κ1) is 17.1. The molecule has 0 spiro atoms. The lowest BCUT2D eigenvalue weighted by molar-refractivity contribution is 0.328. The second kappa shape index (κ2) is 8.39. The molecular weight excluding hydrogens is 320 g/mol. The highest BCUT2D eigenvalue weighted by Gasteiger charge is 2.14. The molecule has 3 rings (SSSR count). The number of likely N-dealkylation sites (tertiary alicyclic amines) is 1. The molecule has 0 atom stereocenters. The van der Waals surface area contributed by atoms with Gasteiger partial charge in [-0.1, -0.05) is 13.3 Å². The molecule has 0 aliphatic carbocycles. The van der Waals surface area contributed by atoms with Gasteiger partial charge in [-0.3, -0.25) is 4.90 Å². The summed E-state index contributed by atoms with van der Waals surface area (Å²) in [5.41, 5.74) is 7.93. The third-order valence-electron chi connectivity index (χ3n) is 4.15. The summed E-state index contributed by atoms with van der Waals surface area (Å²) >= 11 is 1.70. The van der Waals surface area contributed by atoms with Crippen LogP contribution in [0, 0.1) is 0 Å². The van der Waals surface area contributed by atoms with Gasteiger partial charge in [-0.15, -0.1) is 11.3 Å². The largest absolute Gasteiger partial charge is 0.370 e. The molecule has 0 unspecified atom stereocenters. The number of nitrogens with zero attached hydrogens (tertiary/aromatic N) is 4. The van der Waals surface area contributed by atoms with E-state index in [2.05, 4.69) is 32.5 Å². The molecule has 1 saturated heterocycles. The molecule has 3 N–H and O–H groups in total. The van der Waals surface area contributed by atoms with Gasteiger partial charge < -0.3 is 11.1 Å². The van der Waals surface area contributed by atoms with E-state index in [1.165, 1.54) is 31.6 Å². The third kappa shape index (κ3) is 4.88. The van der Waals surface area contributed by atoms with E-state index in [0.29, 0.717) is 12.4 Å². The van der Waals surface area contributed by atoms with Gasteiger partial charge in [0.05, 0.1) is 16.4 Å². The summed E-state index contributed by atoms with van der Waals surface area (Å²) in [6, 6.07) is 1.98. The Morgan fingerprint density at radius 3 is 2.83 bits per heavy atom. The van der Waals surface area contributed by atoms with Gasteiger partial charge in [0.15, 0.2) is 0 Å². The Kier molecular flexibility index (Phi) is 5.98. The highest BCUT2D eigenvalue weighted by molar-refractivity contribution is 7.09. The number of rotatable bonds is 8. The molecule has 0 bridgehead atoms. The second-order valence-electron chi connectivity index (χ2n) is 6.28. The zero-order valence-electron chi connectivity index (χ0n) is 14.3. The number of unbranched alkanes of at least 4 members (excludes halogenated alkanes) is 1. The topological polar surface area (TPSA) is 80.0 Å². The van der Waals surface area contributed by atoms with Crippen LogP contribution in [-0.4, -0.2) is 39.5 Å². The lowest BCUT2D eigenvalue weighted by Gasteiger charge is -2.11. The number of nitrogens with one attached hydrogen (secondary N) is 1. The Morgan fingerprint density at radius 1 is 1.21 bits per heavy atom. The molecule has 1 fully saturated rings. The summed E-state index contributed by atoms with van der Waals surface area (Å²) in [5.74, 6) is 1.13. The smallest absolute Gasteiger partial charge is 0.222 e. The summed E-state index contributed by atoms with van der Waals surface area (Å²) in [7, 11) is 0. The minimum absolute atomic E-state index is 0.320. The van der Waals surface area contributed by atoms with Gasteiger partial charge in [-0.05, 0) is 32.4 Å². The van der Waals surface area contributed by atoms with Crippen LogP contribution in [0.2, 0.25) is 0 Å². The van der Waals surface area contributed by atoms with Crippen LogP contribution >= 0.6 is 11.3 Å². The zero-order valence-corrected chi connectivity index (χ0v) is 15.1. The van der Waals surface area contributed by atoms with E-state index in [0.717, 1.165) is 42.5 Å². The molecule has 2 aromatic rings. The van der Waals surface area contributed by atoms with Crippen LogP contribution in [0.4, 0.5) is 11.8 Å². The average Bonchev–Trinajstić information content (AvgIpc) is 3.20. The van der Waals surface area contributed by atoms with Crippen LogP contribution in [-0.2, 0) is 13.0 Å². The van der Waals surface area contributed by atoms with E-state index < -0.39 is 0 Å². The van der Waals surface area contributed by atoms with Gasteiger partial charge in [-0.25, -0.2) is 9.97 Å². The minimum Gasteiger partial charge on any atom is -0.370 e. The van der Waals surface area contributed by atoms with E-state index in [9.17, 15) is 0 Å². The van der Waals surface area contributed by atoms with Gasteiger partial charge >= 0.3 is 0 Å². The molecule has 0 saturated carbocycles. The summed E-state index contributed by atoms with van der Waals surface area (Å²) in [5, 5.41) is 6.56. The van der Waals surface area contributed by atoms with Gasteiger partial charge in [0, 0.05) is 31.0 Å². The molecule has 7 heteroatoms. The Hall–Kier alpha value is -1.73. The SMILES string of the molecule is CCCCNc1cc(Cc2nc(CN3CCCC3)cs2)nc(N)n1. The van der Waals surface area contributed by atoms with Gasteiger partial charge in [0.2, 0.25) is 5.95 Å². The van der Waals surface area contributed by atoms with Crippen molar-refractivity contribution in [2.45, 2.75) is 45.6 Å². The number of nitrogens with two attached hydrogens (primary N) is 1. The first-order valence-corrected chi connectivity index (χ1v) is 9.64. The van der Waals surface area contributed by atoms with Crippen LogP contribution in [0.3, 0.4) is 0 Å². The first-order chi connectivity index (χ1) is 11.7. The average molecular weight is 347 g/mol. The first-order valence-electron chi connectivity index (χ1n) is 8.76. The van der Waals surface area contributed by atoms with Crippen molar-refractivity contribution in [2.75, 3.05) is 30.7 Å². The Morgan fingerprint density at radius 2 is 2.04 bits per heavy atom. The lowest BCUT2D eigenvalue weighted by Crippen LogP contribution is -2.18. The Balaban J connectivity index is 1.61. The summed E-state index contributed by atoms with van der Waals surface area (Å²) in [4.78, 5) is 15.8. The third-order valence-corrected chi connectivity index (χ3v) is 5.05. The van der Waals surface area contributed by atoms with Crippen LogP contribution in [0.25, 0.3) is 0 Å². The fraction of sp³-hybridized carbons (Fsp3) is 0.588. The van der Waals surface area contributed by atoms with Gasteiger partial charge in [0.1, 0.15) is 5.82 Å². The van der Waals surface area contributed by atoms with E-state index >= 15 is 0 Å². The van der Waals surface area contributed by atoms with E-state index in [1.54, 1.807) is 11.3 Å². The van der Waals surface area contributed by atoms with E-state index in [1.807, 2.05) is 6.07 Å². The van der Waals surface area contributed by atoms with Crippen molar-refractivity contribution < 1.29 is 0 Å². The molecule has 6 nitrogen and oxygen atoms in total. The normalized spacial score (nSPS) is 15.0. The molecule has 1 aliphatic heterocycles. The maximum Gasteiger partial charge on any atom is 0.222 e. The number of hydrogen-bond donors (Lipinski definition) is 2. The lowest BCUT2D eigenvalue weighted by atomic mass is 10.3. The van der Waals surface area contributed by atoms with Crippen molar-refractivity contribution in [1.29, 1.82) is 0 Å². The Bertz CT molecular complexity index is 650. The van der Waals surface area contributed by atoms with Crippen LogP contribution in [0.5, 0.6) is 0 Å². The number of hydrogen-bond acceptors (Lipinski definition) is 7. The fourth-order valence-corrected chi connectivity index (χ4v) is 3.72. The Labute approximate surface area is 147 Å². The number of thiazole rings is 1. The number of aromatic nitrogens is 3. The fourth-order valence-electron chi connectivity index (χ4n) is 2.92. The van der Waals surface area contributed by atoms with Crippen molar-refractivity contribution in [2.24, 2.45) is 0 Å². The number of nitrogen functional groups attached to an aromatic ring is 1. The van der Waals surface area contributed by atoms with Crippen LogP contribution in [0.1, 0.15) is 49.0 Å². The summed E-state index contributed by atoms with van der Waals surface area (Å²) in [6.07, 6.45) is 5.60. The molecule has 24 heavy (non-hydrogen) atoms. The maximum atomic E-state index is 5.85. The molecule has 3 heterocycles. The minimum atomic E-state index is 0.320. The predicted molar refractivity (Wildman–Crippen MR) is 99.3 cm³/mol. The van der Waals surface area contributed by atoms with Crippen molar-refractivity contribution in [3.63, 3.8) is 0 Å². The summed E-state index contributed by atoms with van der Waals surface area (Å²) in [6.45, 7) is 6.43. The zero-order chi connectivity index (χ0) is 16.8. The van der Waals surface area contributed by atoms with Crippen LogP contribution in [0.15, 0.2) is 11.4 Å². The quantitative estimate of drug-likeness (QED) is 0.716. The number of anilines is 2. The highest BCUT2D eigenvalue weighted by Crippen LogP contribution is 2.19. The molecule has 130 valence electrons. The van der Waals surface area contributed by atoms with Crippen LogP contribution < -0.4 is 11.1 Å². The predicted octanol–water partition coefficient (Wildman–Crippen LogP) is 2.91. The maximum absolute atomic E-state index is 5.85. The molecule has 0 radical (unpaired) electrons. The van der Waals surface area contributed by atoms with Crippen molar-refractivity contribution in [1.82, 2.24) is 19.9 Å². The molecule has 0 aromatic carbocycles. The van der Waals surface area contributed by atoms with Gasteiger partial charge in [0.25, 0.3) is 0 Å².